The van der Waals surface area contributed by atoms with E-state index < -0.39 is 17.8 Å². The van der Waals surface area contributed by atoms with Crippen molar-refractivity contribution in [1.29, 1.82) is 0 Å². The lowest BCUT2D eigenvalue weighted by molar-refractivity contribution is -0.137. The van der Waals surface area contributed by atoms with Gasteiger partial charge in [0, 0.05) is 19.1 Å². The Bertz CT molecular complexity index is 777. The van der Waals surface area contributed by atoms with E-state index in [-0.39, 0.29) is 18.2 Å². The molecule has 2 N–H and O–H groups in total. The zero-order valence-corrected chi connectivity index (χ0v) is 18.5. The zero-order chi connectivity index (χ0) is 22.9. The fraction of sp³-hybridized carbons (Fsp3) is 0.500. The molecule has 2 unspecified atom stereocenters. The van der Waals surface area contributed by atoms with E-state index >= 15 is 0 Å². The lowest BCUT2D eigenvalue weighted by Crippen LogP contribution is -2.32. The van der Waals surface area contributed by atoms with Crippen molar-refractivity contribution >= 4 is 0 Å². The second-order valence-corrected chi connectivity index (χ2v) is 7.67. The molecule has 0 heterocycles. The summed E-state index contributed by atoms with van der Waals surface area (Å²) in [6.45, 7) is 9.97. The number of alkyl halides is 3. The van der Waals surface area contributed by atoms with Gasteiger partial charge in [-0.3, -0.25) is 0 Å². The molecule has 31 heavy (non-hydrogen) atoms. The van der Waals surface area contributed by atoms with E-state index in [1.165, 1.54) is 12.1 Å². The van der Waals surface area contributed by atoms with Crippen molar-refractivity contribution in [3.8, 4) is 5.75 Å². The molecular formula is C24H33F3N2O2. The molecule has 7 heteroatoms. The summed E-state index contributed by atoms with van der Waals surface area (Å²) in [5.74, 6) is 0.830. The standard InChI is InChI=1S/C24H33F3N2O2/c1-4-29(5-2)13-14-31-22-11-9-19(10-12-22)15-18(3)28-17-23(30)20-7-6-8-21(16-20)24(25,26)27/h6-12,16,18,23,28,30H,4-5,13-15,17H2,1-3H3. The Kier molecular flexibility index (Phi) is 9.81. The van der Waals surface area contributed by atoms with E-state index in [4.69, 9.17) is 4.74 Å². The lowest BCUT2D eigenvalue weighted by Gasteiger charge is -2.19. The van der Waals surface area contributed by atoms with Gasteiger partial charge in [-0.1, -0.05) is 38.1 Å². The highest BCUT2D eigenvalue weighted by molar-refractivity contribution is 5.28. The Hall–Kier alpha value is -2.09. The molecule has 0 radical (unpaired) electrons. The molecular weight excluding hydrogens is 405 g/mol. The summed E-state index contributed by atoms with van der Waals surface area (Å²) in [7, 11) is 0. The second kappa shape index (κ2) is 12.1. The summed E-state index contributed by atoms with van der Waals surface area (Å²) in [5.41, 5.74) is 0.613. The molecule has 2 aromatic carbocycles. The molecule has 0 fully saturated rings. The summed E-state index contributed by atoms with van der Waals surface area (Å²) in [5, 5.41) is 13.5. The average molecular weight is 439 g/mol. The van der Waals surface area contributed by atoms with Crippen LogP contribution in [0.4, 0.5) is 13.2 Å². The first-order valence-electron chi connectivity index (χ1n) is 10.8. The number of benzene rings is 2. The summed E-state index contributed by atoms with van der Waals surface area (Å²) < 4.78 is 44.3. The van der Waals surface area contributed by atoms with E-state index in [9.17, 15) is 18.3 Å². The number of hydrogen-bond donors (Lipinski definition) is 2. The number of aliphatic hydroxyl groups is 1. The van der Waals surface area contributed by atoms with E-state index in [1.54, 1.807) is 0 Å². The molecule has 4 nitrogen and oxygen atoms in total. The van der Waals surface area contributed by atoms with E-state index in [0.717, 1.165) is 49.5 Å². The van der Waals surface area contributed by atoms with Crippen LogP contribution in [0, 0.1) is 0 Å². The smallest absolute Gasteiger partial charge is 0.416 e. The minimum atomic E-state index is -4.42. The van der Waals surface area contributed by atoms with Crippen LogP contribution in [0.2, 0.25) is 0 Å². The molecule has 2 rings (SSSR count). The summed E-state index contributed by atoms with van der Waals surface area (Å²) in [6, 6.07) is 12.8. The van der Waals surface area contributed by atoms with Crippen LogP contribution in [0.5, 0.6) is 5.75 Å². The third-order valence-corrected chi connectivity index (χ3v) is 5.29. The van der Waals surface area contributed by atoms with Gasteiger partial charge in [-0.05, 0) is 61.8 Å². The van der Waals surface area contributed by atoms with Gasteiger partial charge in [0.25, 0.3) is 0 Å². The van der Waals surface area contributed by atoms with Crippen LogP contribution in [0.1, 0.15) is 43.6 Å². The number of nitrogens with zero attached hydrogens (tertiary/aromatic N) is 1. The van der Waals surface area contributed by atoms with Crippen LogP contribution in [-0.2, 0) is 12.6 Å². The highest BCUT2D eigenvalue weighted by atomic mass is 19.4. The molecule has 0 saturated heterocycles. The molecule has 0 spiro atoms. The molecule has 2 aromatic rings. The van der Waals surface area contributed by atoms with E-state index in [1.807, 2.05) is 31.2 Å². The van der Waals surface area contributed by atoms with Gasteiger partial charge in [-0.2, -0.15) is 13.2 Å². The van der Waals surface area contributed by atoms with E-state index in [0.29, 0.717) is 6.61 Å². The molecule has 2 atom stereocenters. The lowest BCUT2D eigenvalue weighted by atomic mass is 10.0. The fourth-order valence-corrected chi connectivity index (χ4v) is 3.33. The molecule has 0 aliphatic rings. The van der Waals surface area contributed by atoms with Gasteiger partial charge in [-0.15, -0.1) is 0 Å². The predicted molar refractivity (Wildman–Crippen MR) is 117 cm³/mol. The van der Waals surface area contributed by atoms with Gasteiger partial charge in [0.05, 0.1) is 11.7 Å². The molecule has 0 aromatic heterocycles. The molecule has 0 aliphatic heterocycles. The highest BCUT2D eigenvalue weighted by Gasteiger charge is 2.30. The number of nitrogens with one attached hydrogen (secondary N) is 1. The van der Waals surface area contributed by atoms with Crippen molar-refractivity contribution in [1.82, 2.24) is 10.2 Å². The van der Waals surface area contributed by atoms with E-state index in [2.05, 4.69) is 24.1 Å². The monoisotopic (exact) mass is 438 g/mol. The first-order valence-corrected chi connectivity index (χ1v) is 10.8. The van der Waals surface area contributed by atoms with Gasteiger partial charge >= 0.3 is 6.18 Å². The SMILES string of the molecule is CCN(CC)CCOc1ccc(CC(C)NCC(O)c2cccc(C(F)(F)F)c2)cc1. The Balaban J connectivity index is 1.79. The maximum Gasteiger partial charge on any atom is 0.416 e. The normalized spacial score (nSPS) is 13.9. The average Bonchev–Trinajstić information content (AvgIpc) is 2.75. The third kappa shape index (κ3) is 8.51. The van der Waals surface area contributed by atoms with Crippen LogP contribution in [0.15, 0.2) is 48.5 Å². The Morgan fingerprint density at radius 2 is 1.74 bits per heavy atom. The summed E-state index contributed by atoms with van der Waals surface area (Å²) >= 11 is 0. The van der Waals surface area contributed by atoms with Crippen molar-refractivity contribution in [2.75, 3.05) is 32.8 Å². The van der Waals surface area contributed by atoms with Crippen LogP contribution >= 0.6 is 0 Å². The van der Waals surface area contributed by atoms with Crippen LogP contribution in [0.25, 0.3) is 0 Å². The largest absolute Gasteiger partial charge is 0.492 e. The van der Waals surface area contributed by atoms with Crippen molar-refractivity contribution in [2.45, 2.75) is 45.5 Å². The Labute approximate surface area is 183 Å². The number of hydrogen-bond acceptors (Lipinski definition) is 4. The zero-order valence-electron chi connectivity index (χ0n) is 18.5. The van der Waals surface area contributed by atoms with Crippen LogP contribution < -0.4 is 10.1 Å². The maximum absolute atomic E-state index is 12.8. The number of ether oxygens (including phenoxy) is 1. The topological polar surface area (TPSA) is 44.7 Å². The quantitative estimate of drug-likeness (QED) is 0.505. The van der Waals surface area contributed by atoms with Crippen LogP contribution in [-0.4, -0.2) is 48.8 Å². The third-order valence-electron chi connectivity index (χ3n) is 5.29. The highest BCUT2D eigenvalue weighted by Crippen LogP contribution is 2.30. The first-order chi connectivity index (χ1) is 14.7. The molecule has 0 bridgehead atoms. The number of rotatable bonds is 12. The summed E-state index contributed by atoms with van der Waals surface area (Å²) in [6.07, 6.45) is -4.70. The fourth-order valence-electron chi connectivity index (χ4n) is 3.33. The Morgan fingerprint density at radius 1 is 1.06 bits per heavy atom. The number of aliphatic hydroxyl groups excluding tert-OH is 1. The van der Waals surface area contributed by atoms with Gasteiger partial charge in [0.15, 0.2) is 0 Å². The minimum absolute atomic E-state index is 0.0508. The van der Waals surface area contributed by atoms with Crippen molar-refractivity contribution in [3.63, 3.8) is 0 Å². The van der Waals surface area contributed by atoms with Gasteiger partial charge in [0.2, 0.25) is 0 Å². The maximum atomic E-state index is 12.8. The van der Waals surface area contributed by atoms with Gasteiger partial charge in [0.1, 0.15) is 12.4 Å². The molecule has 0 aliphatic carbocycles. The van der Waals surface area contributed by atoms with Gasteiger partial charge in [-0.25, -0.2) is 0 Å². The van der Waals surface area contributed by atoms with Crippen molar-refractivity contribution < 1.29 is 23.0 Å². The Morgan fingerprint density at radius 3 is 2.35 bits per heavy atom. The number of likely N-dealkylation sites (N-methyl/N-ethyl adjacent to an activating group) is 1. The second-order valence-electron chi connectivity index (χ2n) is 7.67. The first kappa shape index (κ1) is 25.2. The minimum Gasteiger partial charge on any atom is -0.492 e. The van der Waals surface area contributed by atoms with Gasteiger partial charge < -0.3 is 20.1 Å². The van der Waals surface area contributed by atoms with Crippen LogP contribution in [0.3, 0.4) is 0 Å². The molecule has 172 valence electrons. The molecule has 0 amide bonds. The van der Waals surface area contributed by atoms with Crippen molar-refractivity contribution in [2.24, 2.45) is 0 Å². The number of halogens is 3. The van der Waals surface area contributed by atoms with Crippen molar-refractivity contribution in [3.05, 3.63) is 65.2 Å². The molecule has 0 saturated carbocycles. The summed E-state index contributed by atoms with van der Waals surface area (Å²) in [4.78, 5) is 2.30. The predicted octanol–water partition coefficient (Wildman–Crippen LogP) is 4.68.